The molecule has 3 heteroatoms. The second-order valence-corrected chi connectivity index (χ2v) is 5.31. The van der Waals surface area contributed by atoms with E-state index in [-0.39, 0.29) is 0 Å². The van der Waals surface area contributed by atoms with Crippen molar-refractivity contribution in [2.45, 2.75) is 52.7 Å². The van der Waals surface area contributed by atoms with E-state index >= 15 is 0 Å². The molecule has 18 heavy (non-hydrogen) atoms. The Morgan fingerprint density at radius 3 is 2.61 bits per heavy atom. The molecule has 0 amide bonds. The second-order valence-electron chi connectivity index (χ2n) is 5.31. The number of pyridine rings is 1. The summed E-state index contributed by atoms with van der Waals surface area (Å²) in [6.45, 7) is 10.6. The zero-order valence-corrected chi connectivity index (χ0v) is 12.4. The first kappa shape index (κ1) is 15.1. The van der Waals surface area contributed by atoms with Gasteiger partial charge in [-0.2, -0.15) is 0 Å². The molecule has 3 nitrogen and oxygen atoms in total. The summed E-state index contributed by atoms with van der Waals surface area (Å²) in [4.78, 5) is 6.95. The number of hydrogen-bond acceptors (Lipinski definition) is 3. The molecule has 102 valence electrons. The van der Waals surface area contributed by atoms with Crippen LogP contribution < -0.4 is 5.32 Å². The lowest BCUT2D eigenvalue weighted by Gasteiger charge is -2.28. The molecule has 1 unspecified atom stereocenters. The third-order valence-electron chi connectivity index (χ3n) is 3.21. The van der Waals surface area contributed by atoms with E-state index in [1.54, 1.807) is 0 Å². The number of likely N-dealkylation sites (N-methyl/N-ethyl adjacent to an activating group) is 1. The van der Waals surface area contributed by atoms with E-state index in [4.69, 9.17) is 0 Å². The summed E-state index contributed by atoms with van der Waals surface area (Å²) < 4.78 is 0. The lowest BCUT2D eigenvalue weighted by Crippen LogP contribution is -2.41. The van der Waals surface area contributed by atoms with Gasteiger partial charge in [0, 0.05) is 30.9 Å². The Morgan fingerprint density at radius 2 is 2.06 bits per heavy atom. The van der Waals surface area contributed by atoms with Crippen LogP contribution in [0.2, 0.25) is 0 Å². The van der Waals surface area contributed by atoms with Crippen LogP contribution in [0.15, 0.2) is 18.2 Å². The van der Waals surface area contributed by atoms with Gasteiger partial charge in [0.05, 0.1) is 5.69 Å². The zero-order chi connectivity index (χ0) is 13.5. The Morgan fingerprint density at radius 1 is 1.33 bits per heavy atom. The van der Waals surface area contributed by atoms with E-state index in [0.29, 0.717) is 12.1 Å². The highest BCUT2D eigenvalue weighted by Gasteiger charge is 2.13. The minimum atomic E-state index is 0.546. The van der Waals surface area contributed by atoms with Gasteiger partial charge in [-0.05, 0) is 32.5 Å². The first-order valence-corrected chi connectivity index (χ1v) is 6.89. The SMILES string of the molecule is CCC(CNC(C)C)N(C)Cc1cccc(C)n1. The minimum absolute atomic E-state index is 0.546. The predicted molar refractivity (Wildman–Crippen MR) is 77.7 cm³/mol. The van der Waals surface area contributed by atoms with E-state index in [9.17, 15) is 0 Å². The van der Waals surface area contributed by atoms with Gasteiger partial charge in [0.25, 0.3) is 0 Å². The van der Waals surface area contributed by atoms with Crippen LogP contribution in [-0.4, -0.2) is 35.6 Å². The zero-order valence-electron chi connectivity index (χ0n) is 12.4. The van der Waals surface area contributed by atoms with Crippen LogP contribution in [-0.2, 0) is 6.54 Å². The van der Waals surface area contributed by atoms with Crippen molar-refractivity contribution < 1.29 is 0 Å². The topological polar surface area (TPSA) is 28.2 Å². The molecule has 0 aromatic carbocycles. The van der Waals surface area contributed by atoms with Crippen molar-refractivity contribution >= 4 is 0 Å². The summed E-state index contributed by atoms with van der Waals surface area (Å²) in [6, 6.07) is 7.34. The normalized spacial score (nSPS) is 13.3. The third kappa shape index (κ3) is 5.15. The number of hydrogen-bond donors (Lipinski definition) is 1. The van der Waals surface area contributed by atoms with E-state index < -0.39 is 0 Å². The maximum Gasteiger partial charge on any atom is 0.0547 e. The molecule has 0 bridgehead atoms. The van der Waals surface area contributed by atoms with Crippen molar-refractivity contribution in [1.29, 1.82) is 0 Å². The first-order chi connectivity index (χ1) is 8.52. The largest absolute Gasteiger partial charge is 0.313 e. The van der Waals surface area contributed by atoms with Crippen LogP contribution in [0.4, 0.5) is 0 Å². The Kier molecular flexibility index (Phi) is 6.30. The number of rotatable bonds is 7. The molecule has 0 saturated heterocycles. The highest BCUT2D eigenvalue weighted by molar-refractivity contribution is 5.09. The van der Waals surface area contributed by atoms with Crippen molar-refractivity contribution in [1.82, 2.24) is 15.2 Å². The fourth-order valence-corrected chi connectivity index (χ4v) is 2.06. The molecule has 0 radical (unpaired) electrons. The summed E-state index contributed by atoms with van der Waals surface area (Å²) in [7, 11) is 2.18. The minimum Gasteiger partial charge on any atom is -0.313 e. The van der Waals surface area contributed by atoms with Gasteiger partial charge in [0.15, 0.2) is 0 Å². The molecule has 1 rings (SSSR count). The highest BCUT2D eigenvalue weighted by atomic mass is 15.2. The summed E-state index contributed by atoms with van der Waals surface area (Å²) in [5, 5.41) is 3.51. The van der Waals surface area contributed by atoms with Crippen molar-refractivity contribution in [2.24, 2.45) is 0 Å². The molecule has 1 N–H and O–H groups in total. The molecule has 0 aliphatic rings. The Bertz CT molecular complexity index is 349. The number of aryl methyl sites for hydroxylation is 1. The van der Waals surface area contributed by atoms with E-state index in [2.05, 4.69) is 55.2 Å². The van der Waals surface area contributed by atoms with Gasteiger partial charge in [-0.1, -0.05) is 26.8 Å². The van der Waals surface area contributed by atoms with Gasteiger partial charge in [-0.15, -0.1) is 0 Å². The molecule has 1 heterocycles. The Balaban J connectivity index is 2.53. The molecule has 0 spiro atoms. The van der Waals surface area contributed by atoms with Crippen LogP contribution in [0, 0.1) is 6.92 Å². The van der Waals surface area contributed by atoms with Crippen LogP contribution in [0.25, 0.3) is 0 Å². The van der Waals surface area contributed by atoms with Crippen LogP contribution in [0.5, 0.6) is 0 Å². The van der Waals surface area contributed by atoms with Crippen molar-refractivity contribution in [2.75, 3.05) is 13.6 Å². The molecular formula is C15H27N3. The van der Waals surface area contributed by atoms with E-state index in [1.165, 1.54) is 0 Å². The first-order valence-electron chi connectivity index (χ1n) is 6.89. The summed E-state index contributed by atoms with van der Waals surface area (Å²) in [5.41, 5.74) is 2.25. The third-order valence-corrected chi connectivity index (χ3v) is 3.21. The molecule has 1 atom stereocenters. The quantitative estimate of drug-likeness (QED) is 0.805. The number of nitrogens with one attached hydrogen (secondary N) is 1. The van der Waals surface area contributed by atoms with Crippen LogP contribution >= 0.6 is 0 Å². The molecule has 0 fully saturated rings. The maximum absolute atomic E-state index is 4.56. The molecule has 1 aromatic rings. The molecule has 0 aliphatic heterocycles. The fourth-order valence-electron chi connectivity index (χ4n) is 2.06. The summed E-state index contributed by atoms with van der Waals surface area (Å²) in [5.74, 6) is 0. The fraction of sp³-hybridized carbons (Fsp3) is 0.667. The smallest absolute Gasteiger partial charge is 0.0547 e. The average Bonchev–Trinajstić information content (AvgIpc) is 2.29. The second kappa shape index (κ2) is 7.49. The maximum atomic E-state index is 4.56. The Labute approximate surface area is 112 Å². The van der Waals surface area contributed by atoms with Gasteiger partial charge in [-0.25, -0.2) is 0 Å². The average molecular weight is 249 g/mol. The molecule has 0 aliphatic carbocycles. The van der Waals surface area contributed by atoms with Crippen molar-refractivity contribution in [3.63, 3.8) is 0 Å². The monoisotopic (exact) mass is 249 g/mol. The summed E-state index contributed by atoms with van der Waals surface area (Å²) in [6.07, 6.45) is 1.15. The number of aromatic nitrogens is 1. The molecule has 1 aromatic heterocycles. The highest BCUT2D eigenvalue weighted by Crippen LogP contribution is 2.07. The molecular weight excluding hydrogens is 222 g/mol. The van der Waals surface area contributed by atoms with Gasteiger partial charge in [-0.3, -0.25) is 9.88 Å². The lowest BCUT2D eigenvalue weighted by atomic mass is 10.1. The van der Waals surface area contributed by atoms with Gasteiger partial charge in [0.1, 0.15) is 0 Å². The van der Waals surface area contributed by atoms with Crippen molar-refractivity contribution in [3.05, 3.63) is 29.6 Å². The standard InChI is InChI=1S/C15H27N3/c1-6-15(10-16-12(2)3)18(5)11-14-9-7-8-13(4)17-14/h7-9,12,15-16H,6,10-11H2,1-5H3. The lowest BCUT2D eigenvalue weighted by molar-refractivity contribution is 0.216. The van der Waals surface area contributed by atoms with Crippen molar-refractivity contribution in [3.8, 4) is 0 Å². The summed E-state index contributed by atoms with van der Waals surface area (Å²) >= 11 is 0. The number of nitrogens with zero attached hydrogens (tertiary/aromatic N) is 2. The van der Waals surface area contributed by atoms with Gasteiger partial charge >= 0.3 is 0 Å². The molecule has 0 saturated carbocycles. The van der Waals surface area contributed by atoms with Crippen LogP contribution in [0.1, 0.15) is 38.6 Å². The Hall–Kier alpha value is -0.930. The van der Waals surface area contributed by atoms with E-state index in [0.717, 1.165) is 30.9 Å². The van der Waals surface area contributed by atoms with Gasteiger partial charge < -0.3 is 5.32 Å². The predicted octanol–water partition coefficient (Wildman–Crippen LogP) is 2.60. The van der Waals surface area contributed by atoms with E-state index in [1.807, 2.05) is 13.0 Å². The van der Waals surface area contributed by atoms with Crippen LogP contribution in [0.3, 0.4) is 0 Å². The van der Waals surface area contributed by atoms with Gasteiger partial charge in [0.2, 0.25) is 0 Å².